The van der Waals surface area contributed by atoms with E-state index in [4.69, 9.17) is 14.2 Å². The van der Waals surface area contributed by atoms with Crippen molar-refractivity contribution in [2.24, 2.45) is 0 Å². The van der Waals surface area contributed by atoms with Gasteiger partial charge in [0.05, 0.1) is 25.9 Å². The van der Waals surface area contributed by atoms with Gasteiger partial charge in [0.1, 0.15) is 5.75 Å². The molecule has 5 nitrogen and oxygen atoms in total. The van der Waals surface area contributed by atoms with Crippen LogP contribution in [0, 0.1) is 0 Å². The van der Waals surface area contributed by atoms with Crippen molar-refractivity contribution in [1.29, 1.82) is 0 Å². The summed E-state index contributed by atoms with van der Waals surface area (Å²) >= 11 is 0. The molecular weight excluding hydrogens is 332 g/mol. The van der Waals surface area contributed by atoms with Gasteiger partial charge in [0, 0.05) is 6.08 Å². The van der Waals surface area contributed by atoms with Gasteiger partial charge in [-0.15, -0.1) is 0 Å². The molecular formula is C21H22O5. The SMILES string of the molecule is C=CC(=O)OCCCCOC(=O)c1ccc(-c2ccc(OC)cc2)cc1. The summed E-state index contributed by atoms with van der Waals surface area (Å²) in [6.45, 7) is 3.89. The Morgan fingerprint density at radius 1 is 0.885 bits per heavy atom. The first kappa shape index (κ1) is 19.2. The minimum absolute atomic E-state index is 0.282. The van der Waals surface area contributed by atoms with Crippen LogP contribution in [0.15, 0.2) is 61.2 Å². The third kappa shape index (κ3) is 5.77. The fraction of sp³-hybridized carbons (Fsp3) is 0.238. The van der Waals surface area contributed by atoms with Crippen LogP contribution in [-0.4, -0.2) is 32.3 Å². The number of hydrogen-bond acceptors (Lipinski definition) is 5. The van der Waals surface area contributed by atoms with Crippen molar-refractivity contribution in [3.05, 3.63) is 66.7 Å². The Kier molecular flexibility index (Phi) is 7.43. The van der Waals surface area contributed by atoms with Gasteiger partial charge < -0.3 is 14.2 Å². The molecule has 0 heterocycles. The summed E-state index contributed by atoms with van der Waals surface area (Å²) in [7, 11) is 1.63. The number of carbonyl (C=O) groups excluding carboxylic acids is 2. The summed E-state index contributed by atoms with van der Waals surface area (Å²) in [6, 6.07) is 15.0. The van der Waals surface area contributed by atoms with Crippen LogP contribution < -0.4 is 4.74 Å². The molecule has 26 heavy (non-hydrogen) atoms. The maximum absolute atomic E-state index is 12.0. The molecule has 0 unspecified atom stereocenters. The highest BCUT2D eigenvalue weighted by Crippen LogP contribution is 2.22. The molecule has 5 heteroatoms. The molecule has 0 aromatic heterocycles. The summed E-state index contributed by atoms with van der Waals surface area (Å²) < 4.78 is 15.2. The molecule has 0 aliphatic heterocycles. The number of benzene rings is 2. The van der Waals surface area contributed by atoms with E-state index in [2.05, 4.69) is 6.58 Å². The lowest BCUT2D eigenvalue weighted by molar-refractivity contribution is -0.137. The van der Waals surface area contributed by atoms with Gasteiger partial charge in [-0.05, 0) is 48.2 Å². The molecule has 0 radical (unpaired) electrons. The fourth-order valence-corrected chi connectivity index (χ4v) is 2.27. The number of rotatable bonds is 9. The Bertz CT molecular complexity index is 732. The van der Waals surface area contributed by atoms with E-state index in [1.165, 1.54) is 0 Å². The topological polar surface area (TPSA) is 61.8 Å². The maximum Gasteiger partial charge on any atom is 0.338 e. The van der Waals surface area contributed by atoms with E-state index in [0.29, 0.717) is 25.0 Å². The molecule has 2 rings (SSSR count). The number of carbonyl (C=O) groups is 2. The van der Waals surface area contributed by atoms with Gasteiger partial charge in [0.25, 0.3) is 0 Å². The molecule has 0 aliphatic rings. The molecule has 0 saturated heterocycles. The molecule has 0 spiro atoms. The second-order valence-electron chi connectivity index (χ2n) is 5.52. The number of methoxy groups -OCH3 is 1. The Labute approximate surface area is 153 Å². The first-order valence-electron chi connectivity index (χ1n) is 8.35. The summed E-state index contributed by atoms with van der Waals surface area (Å²) in [5.41, 5.74) is 2.55. The summed E-state index contributed by atoms with van der Waals surface area (Å²) in [4.78, 5) is 22.9. The van der Waals surface area contributed by atoms with Gasteiger partial charge in [0.15, 0.2) is 0 Å². The number of unbranched alkanes of at least 4 members (excludes halogenated alkanes) is 1. The smallest absolute Gasteiger partial charge is 0.338 e. The van der Waals surface area contributed by atoms with E-state index in [0.717, 1.165) is 23.0 Å². The van der Waals surface area contributed by atoms with Crippen molar-refractivity contribution < 1.29 is 23.8 Å². The average molecular weight is 354 g/mol. The van der Waals surface area contributed by atoms with E-state index < -0.39 is 5.97 Å². The number of esters is 2. The molecule has 0 saturated carbocycles. The zero-order valence-corrected chi connectivity index (χ0v) is 14.8. The predicted octanol–water partition coefficient (Wildman–Crippen LogP) is 4.03. The van der Waals surface area contributed by atoms with Crippen LogP contribution in [0.4, 0.5) is 0 Å². The van der Waals surface area contributed by atoms with Crippen LogP contribution >= 0.6 is 0 Å². The maximum atomic E-state index is 12.0. The van der Waals surface area contributed by atoms with Crippen LogP contribution in [0.2, 0.25) is 0 Å². The monoisotopic (exact) mass is 354 g/mol. The molecule has 0 N–H and O–H groups in total. The Morgan fingerprint density at radius 2 is 1.42 bits per heavy atom. The zero-order chi connectivity index (χ0) is 18.8. The van der Waals surface area contributed by atoms with Crippen molar-refractivity contribution in [3.63, 3.8) is 0 Å². The highest BCUT2D eigenvalue weighted by atomic mass is 16.5. The van der Waals surface area contributed by atoms with Crippen LogP contribution in [0.3, 0.4) is 0 Å². The van der Waals surface area contributed by atoms with Crippen LogP contribution in [0.25, 0.3) is 11.1 Å². The lowest BCUT2D eigenvalue weighted by Crippen LogP contribution is -2.08. The zero-order valence-electron chi connectivity index (χ0n) is 14.8. The minimum Gasteiger partial charge on any atom is -0.497 e. The highest BCUT2D eigenvalue weighted by molar-refractivity contribution is 5.90. The Morgan fingerprint density at radius 3 is 1.96 bits per heavy atom. The van der Waals surface area contributed by atoms with Crippen LogP contribution in [0.5, 0.6) is 5.75 Å². The van der Waals surface area contributed by atoms with Gasteiger partial charge in [-0.1, -0.05) is 30.8 Å². The third-order valence-electron chi connectivity index (χ3n) is 3.73. The average Bonchev–Trinajstić information content (AvgIpc) is 2.70. The Hall–Kier alpha value is -3.08. The van der Waals surface area contributed by atoms with Crippen molar-refractivity contribution >= 4 is 11.9 Å². The second kappa shape index (κ2) is 10.0. The standard InChI is InChI=1S/C21H22O5/c1-3-20(22)25-14-4-5-15-26-21(23)18-8-6-16(7-9-18)17-10-12-19(24-2)13-11-17/h3,6-13H,1,4-5,14-15H2,2H3. The van der Waals surface area contributed by atoms with E-state index in [-0.39, 0.29) is 12.6 Å². The van der Waals surface area contributed by atoms with Gasteiger partial charge in [-0.2, -0.15) is 0 Å². The second-order valence-corrected chi connectivity index (χ2v) is 5.52. The molecule has 136 valence electrons. The quantitative estimate of drug-likeness (QED) is 0.386. The first-order valence-corrected chi connectivity index (χ1v) is 8.35. The minimum atomic E-state index is -0.445. The lowest BCUT2D eigenvalue weighted by Gasteiger charge is -2.07. The van der Waals surface area contributed by atoms with Crippen molar-refractivity contribution in [2.75, 3.05) is 20.3 Å². The Balaban J connectivity index is 1.79. The first-order chi connectivity index (χ1) is 12.6. The molecule has 0 bridgehead atoms. The summed E-state index contributed by atoms with van der Waals surface area (Å²) in [5, 5.41) is 0. The van der Waals surface area contributed by atoms with Crippen molar-refractivity contribution in [1.82, 2.24) is 0 Å². The molecule has 0 amide bonds. The van der Waals surface area contributed by atoms with E-state index in [1.54, 1.807) is 19.2 Å². The molecule has 2 aromatic rings. The van der Waals surface area contributed by atoms with Gasteiger partial charge in [-0.3, -0.25) is 0 Å². The molecule has 0 atom stereocenters. The third-order valence-corrected chi connectivity index (χ3v) is 3.73. The summed E-state index contributed by atoms with van der Waals surface area (Å²) in [5.74, 6) is -0.0125. The van der Waals surface area contributed by atoms with Crippen molar-refractivity contribution in [2.45, 2.75) is 12.8 Å². The van der Waals surface area contributed by atoms with Crippen LogP contribution in [0.1, 0.15) is 23.2 Å². The molecule has 0 fully saturated rings. The highest BCUT2D eigenvalue weighted by Gasteiger charge is 2.07. The predicted molar refractivity (Wildman–Crippen MR) is 99.1 cm³/mol. The van der Waals surface area contributed by atoms with E-state index in [9.17, 15) is 9.59 Å². The fourth-order valence-electron chi connectivity index (χ4n) is 2.27. The van der Waals surface area contributed by atoms with Gasteiger partial charge >= 0.3 is 11.9 Å². The molecule has 0 aliphatic carbocycles. The molecule has 2 aromatic carbocycles. The van der Waals surface area contributed by atoms with Gasteiger partial charge in [0.2, 0.25) is 0 Å². The number of ether oxygens (including phenoxy) is 3. The summed E-state index contributed by atoms with van der Waals surface area (Å²) in [6.07, 6.45) is 2.37. The van der Waals surface area contributed by atoms with Crippen molar-refractivity contribution in [3.8, 4) is 16.9 Å². The largest absolute Gasteiger partial charge is 0.497 e. The van der Waals surface area contributed by atoms with E-state index >= 15 is 0 Å². The van der Waals surface area contributed by atoms with Crippen LogP contribution in [-0.2, 0) is 14.3 Å². The normalized spacial score (nSPS) is 10.0. The lowest BCUT2D eigenvalue weighted by atomic mass is 10.0. The van der Waals surface area contributed by atoms with E-state index in [1.807, 2.05) is 36.4 Å². The number of hydrogen-bond donors (Lipinski definition) is 0. The van der Waals surface area contributed by atoms with Gasteiger partial charge in [-0.25, -0.2) is 9.59 Å².